The SMILES string of the molecule is OC1(c2cscn2)C2CCCCC21. The lowest BCUT2D eigenvalue weighted by Crippen LogP contribution is -2.10. The van der Waals surface area contributed by atoms with Crippen molar-refractivity contribution in [2.24, 2.45) is 11.8 Å². The molecule has 2 nitrogen and oxygen atoms in total. The summed E-state index contributed by atoms with van der Waals surface area (Å²) in [6.45, 7) is 0. The highest BCUT2D eigenvalue weighted by Crippen LogP contribution is 2.64. The number of nitrogens with zero attached hydrogens (tertiary/aromatic N) is 1. The van der Waals surface area contributed by atoms with Crippen molar-refractivity contribution < 1.29 is 5.11 Å². The second-order valence-corrected chi connectivity index (χ2v) is 4.92. The lowest BCUT2D eigenvalue weighted by molar-refractivity contribution is 0.114. The summed E-state index contributed by atoms with van der Waals surface area (Å²) >= 11 is 1.58. The molecule has 3 rings (SSSR count). The van der Waals surface area contributed by atoms with E-state index in [1.165, 1.54) is 25.7 Å². The summed E-state index contributed by atoms with van der Waals surface area (Å²) in [6, 6.07) is 0. The van der Waals surface area contributed by atoms with Crippen LogP contribution < -0.4 is 0 Å². The molecular formula is C10H13NOS. The van der Waals surface area contributed by atoms with E-state index in [0.717, 1.165) is 5.69 Å². The number of aliphatic hydroxyl groups is 1. The molecule has 0 aromatic carbocycles. The molecule has 2 unspecified atom stereocenters. The van der Waals surface area contributed by atoms with Crippen molar-refractivity contribution in [2.45, 2.75) is 31.3 Å². The second kappa shape index (κ2) is 2.55. The van der Waals surface area contributed by atoms with Gasteiger partial charge in [0.1, 0.15) is 5.60 Å². The summed E-state index contributed by atoms with van der Waals surface area (Å²) in [7, 11) is 0. The first-order valence-electron chi connectivity index (χ1n) is 4.94. The molecule has 0 saturated heterocycles. The summed E-state index contributed by atoms with van der Waals surface area (Å²) in [4.78, 5) is 4.24. The predicted molar refractivity (Wildman–Crippen MR) is 51.5 cm³/mol. The molecule has 2 saturated carbocycles. The number of rotatable bonds is 1. The third-order valence-electron chi connectivity index (χ3n) is 3.63. The van der Waals surface area contributed by atoms with Gasteiger partial charge in [-0.25, -0.2) is 4.98 Å². The Morgan fingerprint density at radius 3 is 2.62 bits per heavy atom. The largest absolute Gasteiger partial charge is 0.383 e. The minimum atomic E-state index is -0.531. The number of aromatic nitrogens is 1. The zero-order valence-electron chi connectivity index (χ0n) is 7.44. The van der Waals surface area contributed by atoms with Crippen LogP contribution >= 0.6 is 11.3 Å². The molecule has 70 valence electrons. The fraction of sp³-hybridized carbons (Fsp3) is 0.700. The van der Waals surface area contributed by atoms with Crippen LogP contribution in [0.2, 0.25) is 0 Å². The summed E-state index contributed by atoms with van der Waals surface area (Å²) in [5.74, 6) is 1.03. The Morgan fingerprint density at radius 2 is 2.08 bits per heavy atom. The Morgan fingerprint density at radius 1 is 1.38 bits per heavy atom. The molecule has 2 fully saturated rings. The molecule has 0 amide bonds. The fourth-order valence-electron chi connectivity index (χ4n) is 2.88. The Hall–Kier alpha value is -0.410. The normalized spacial score (nSPS) is 42.8. The van der Waals surface area contributed by atoms with Gasteiger partial charge in [-0.2, -0.15) is 0 Å². The third kappa shape index (κ3) is 0.945. The van der Waals surface area contributed by atoms with Gasteiger partial charge in [0, 0.05) is 5.38 Å². The van der Waals surface area contributed by atoms with Gasteiger partial charge in [-0.05, 0) is 24.7 Å². The first kappa shape index (κ1) is 7.94. The molecule has 1 aromatic rings. The van der Waals surface area contributed by atoms with Crippen molar-refractivity contribution in [1.29, 1.82) is 0 Å². The van der Waals surface area contributed by atoms with Gasteiger partial charge in [-0.15, -0.1) is 11.3 Å². The summed E-state index contributed by atoms with van der Waals surface area (Å²) in [5.41, 5.74) is 2.21. The lowest BCUT2D eigenvalue weighted by atomic mass is 10.0. The van der Waals surface area contributed by atoms with Crippen LogP contribution in [0.4, 0.5) is 0 Å². The lowest BCUT2D eigenvalue weighted by Gasteiger charge is -2.05. The zero-order valence-corrected chi connectivity index (χ0v) is 8.26. The maximum Gasteiger partial charge on any atom is 0.114 e. The second-order valence-electron chi connectivity index (χ2n) is 4.20. The van der Waals surface area contributed by atoms with E-state index in [4.69, 9.17) is 0 Å². The molecule has 2 atom stereocenters. The molecule has 2 aliphatic carbocycles. The third-order valence-corrected chi connectivity index (χ3v) is 4.22. The number of hydrogen-bond acceptors (Lipinski definition) is 3. The van der Waals surface area contributed by atoms with Gasteiger partial charge >= 0.3 is 0 Å². The predicted octanol–water partition coefficient (Wildman–Crippen LogP) is 2.15. The summed E-state index contributed by atoms with van der Waals surface area (Å²) < 4.78 is 0. The minimum Gasteiger partial charge on any atom is -0.383 e. The standard InChI is InChI=1S/C10H13NOS/c12-10(9-5-13-6-11-9)7-3-1-2-4-8(7)10/h5-8,12H,1-4H2. The quantitative estimate of drug-likeness (QED) is 0.745. The number of fused-ring (bicyclic) bond motifs is 1. The van der Waals surface area contributed by atoms with E-state index in [1.807, 2.05) is 10.9 Å². The molecule has 0 radical (unpaired) electrons. The van der Waals surface area contributed by atoms with Gasteiger partial charge in [-0.1, -0.05) is 12.8 Å². The van der Waals surface area contributed by atoms with E-state index >= 15 is 0 Å². The van der Waals surface area contributed by atoms with Gasteiger partial charge in [-0.3, -0.25) is 0 Å². The molecule has 1 heterocycles. The maximum atomic E-state index is 10.4. The van der Waals surface area contributed by atoms with Gasteiger partial charge in [0.2, 0.25) is 0 Å². The topological polar surface area (TPSA) is 33.1 Å². The molecule has 1 N–H and O–H groups in total. The monoisotopic (exact) mass is 195 g/mol. The van der Waals surface area contributed by atoms with Crippen LogP contribution in [0, 0.1) is 11.8 Å². The highest BCUT2D eigenvalue weighted by atomic mass is 32.1. The highest BCUT2D eigenvalue weighted by molar-refractivity contribution is 7.07. The van der Waals surface area contributed by atoms with Crippen LogP contribution in [0.3, 0.4) is 0 Å². The molecule has 1 aromatic heterocycles. The summed E-state index contributed by atoms with van der Waals surface area (Å²) in [6.07, 6.45) is 4.96. The Labute approximate surface area is 81.6 Å². The smallest absolute Gasteiger partial charge is 0.114 e. The van der Waals surface area contributed by atoms with E-state index in [2.05, 4.69) is 4.98 Å². The van der Waals surface area contributed by atoms with Crippen LogP contribution in [-0.2, 0) is 5.60 Å². The van der Waals surface area contributed by atoms with Crippen LogP contribution in [0.5, 0.6) is 0 Å². The van der Waals surface area contributed by atoms with E-state index in [1.54, 1.807) is 11.3 Å². The summed E-state index contributed by atoms with van der Waals surface area (Å²) in [5, 5.41) is 12.4. The maximum absolute atomic E-state index is 10.4. The van der Waals surface area contributed by atoms with Gasteiger partial charge in [0.05, 0.1) is 11.2 Å². The van der Waals surface area contributed by atoms with Gasteiger partial charge < -0.3 is 5.11 Å². The van der Waals surface area contributed by atoms with E-state index in [-0.39, 0.29) is 0 Å². The molecule has 0 spiro atoms. The van der Waals surface area contributed by atoms with Crippen molar-refractivity contribution in [2.75, 3.05) is 0 Å². The van der Waals surface area contributed by atoms with Crippen molar-refractivity contribution in [3.8, 4) is 0 Å². The average molecular weight is 195 g/mol. The Balaban J connectivity index is 1.92. The van der Waals surface area contributed by atoms with Crippen molar-refractivity contribution >= 4 is 11.3 Å². The molecule has 2 aliphatic rings. The van der Waals surface area contributed by atoms with Gasteiger partial charge in [0.15, 0.2) is 0 Å². The average Bonchev–Trinajstić information content (AvgIpc) is 2.62. The highest BCUT2D eigenvalue weighted by Gasteiger charge is 2.65. The minimum absolute atomic E-state index is 0.517. The van der Waals surface area contributed by atoms with Crippen LogP contribution in [0.25, 0.3) is 0 Å². The molecule has 0 bridgehead atoms. The van der Waals surface area contributed by atoms with Crippen LogP contribution in [-0.4, -0.2) is 10.1 Å². The molecule has 0 aliphatic heterocycles. The Bertz CT molecular complexity index is 297. The first-order chi connectivity index (χ1) is 6.33. The Kier molecular flexibility index (Phi) is 1.56. The van der Waals surface area contributed by atoms with E-state index < -0.39 is 5.60 Å². The fourth-order valence-corrected chi connectivity index (χ4v) is 3.50. The van der Waals surface area contributed by atoms with Crippen molar-refractivity contribution in [3.63, 3.8) is 0 Å². The van der Waals surface area contributed by atoms with Crippen molar-refractivity contribution in [3.05, 3.63) is 16.6 Å². The van der Waals surface area contributed by atoms with Crippen LogP contribution in [0.1, 0.15) is 31.4 Å². The zero-order chi connectivity index (χ0) is 8.89. The van der Waals surface area contributed by atoms with E-state index in [0.29, 0.717) is 11.8 Å². The molecule has 13 heavy (non-hydrogen) atoms. The first-order valence-corrected chi connectivity index (χ1v) is 5.89. The van der Waals surface area contributed by atoms with E-state index in [9.17, 15) is 5.11 Å². The van der Waals surface area contributed by atoms with Crippen molar-refractivity contribution in [1.82, 2.24) is 4.98 Å². The molecule has 3 heteroatoms. The van der Waals surface area contributed by atoms with Gasteiger partial charge in [0.25, 0.3) is 0 Å². The molecular weight excluding hydrogens is 182 g/mol. The number of hydrogen-bond donors (Lipinski definition) is 1. The van der Waals surface area contributed by atoms with Crippen LogP contribution in [0.15, 0.2) is 10.9 Å². The number of thiazole rings is 1.